The summed E-state index contributed by atoms with van der Waals surface area (Å²) in [6.07, 6.45) is 1.34. The highest BCUT2D eigenvalue weighted by Gasteiger charge is 2.52. The average Bonchev–Trinajstić information content (AvgIpc) is 2.65. The second kappa shape index (κ2) is 7.75. The highest BCUT2D eigenvalue weighted by atomic mass is 16.6. The normalized spacial score (nSPS) is 28.5. The van der Waals surface area contributed by atoms with Crippen LogP contribution in [0.2, 0.25) is 0 Å². The Hall–Kier alpha value is -1.14. The maximum Gasteiger partial charge on any atom is 0.326 e. The first-order valence-corrected chi connectivity index (χ1v) is 7.41. The molecule has 0 aromatic rings. The zero-order chi connectivity index (χ0) is 16.8. The summed E-state index contributed by atoms with van der Waals surface area (Å²) >= 11 is 0. The molecular formula is C15H29NO5. The highest BCUT2D eigenvalue weighted by Crippen LogP contribution is 2.34. The quantitative estimate of drug-likeness (QED) is 0.684. The third-order valence-corrected chi connectivity index (χ3v) is 3.32. The molecule has 6 heteroatoms. The number of ether oxygens (including phenoxy) is 1. The molecule has 0 heterocycles. The van der Waals surface area contributed by atoms with Crippen molar-refractivity contribution >= 4 is 11.9 Å². The standard InChI is InChI=1S/C11H19NO5.C4H10/c1-10(2,3)17-8(14)6-4-7(13)11(12,5-6)9(15)16;1-3-4-2/h6-7,13H,4-5,12H2,1-3H3,(H,15,16);3-4H2,1-2H3. The van der Waals surface area contributed by atoms with Crippen molar-refractivity contribution in [3.63, 3.8) is 0 Å². The van der Waals surface area contributed by atoms with Crippen LogP contribution in [-0.2, 0) is 14.3 Å². The van der Waals surface area contributed by atoms with E-state index in [0.29, 0.717) is 0 Å². The fraction of sp³-hybridized carbons (Fsp3) is 0.867. The summed E-state index contributed by atoms with van der Waals surface area (Å²) in [5.74, 6) is -2.47. The molecule has 1 aliphatic rings. The number of hydrogen-bond donors (Lipinski definition) is 3. The molecular weight excluding hydrogens is 274 g/mol. The Morgan fingerprint density at radius 3 is 2.05 bits per heavy atom. The van der Waals surface area contributed by atoms with Crippen LogP contribution in [0.4, 0.5) is 0 Å². The molecule has 0 radical (unpaired) electrons. The summed E-state index contributed by atoms with van der Waals surface area (Å²) in [6.45, 7) is 9.54. The molecule has 3 atom stereocenters. The minimum absolute atomic E-state index is 0.0255. The van der Waals surface area contributed by atoms with E-state index in [2.05, 4.69) is 13.8 Å². The van der Waals surface area contributed by atoms with E-state index < -0.39 is 35.1 Å². The van der Waals surface area contributed by atoms with Gasteiger partial charge in [-0.2, -0.15) is 0 Å². The molecule has 21 heavy (non-hydrogen) atoms. The van der Waals surface area contributed by atoms with Crippen LogP contribution in [0.3, 0.4) is 0 Å². The van der Waals surface area contributed by atoms with Gasteiger partial charge >= 0.3 is 11.9 Å². The van der Waals surface area contributed by atoms with E-state index in [1.54, 1.807) is 20.8 Å². The van der Waals surface area contributed by atoms with E-state index in [1.807, 2.05) is 0 Å². The van der Waals surface area contributed by atoms with E-state index in [1.165, 1.54) is 12.8 Å². The number of aliphatic hydroxyl groups excluding tert-OH is 1. The zero-order valence-electron chi connectivity index (χ0n) is 13.7. The number of aliphatic carboxylic acids is 1. The maximum atomic E-state index is 11.7. The first kappa shape index (κ1) is 19.9. The summed E-state index contributed by atoms with van der Waals surface area (Å²) in [7, 11) is 0. The van der Waals surface area contributed by atoms with E-state index >= 15 is 0 Å². The lowest BCUT2D eigenvalue weighted by Gasteiger charge is -2.23. The lowest BCUT2D eigenvalue weighted by molar-refractivity contribution is -0.160. The molecule has 1 fully saturated rings. The van der Waals surface area contributed by atoms with Gasteiger partial charge in [0, 0.05) is 0 Å². The van der Waals surface area contributed by atoms with Gasteiger partial charge in [-0.15, -0.1) is 0 Å². The monoisotopic (exact) mass is 303 g/mol. The fourth-order valence-electron chi connectivity index (χ4n) is 1.90. The van der Waals surface area contributed by atoms with Crippen molar-refractivity contribution in [2.24, 2.45) is 11.7 Å². The number of unbranched alkanes of at least 4 members (excludes halogenated alkanes) is 1. The third-order valence-electron chi connectivity index (χ3n) is 3.32. The second-order valence-electron chi connectivity index (χ2n) is 6.53. The largest absolute Gasteiger partial charge is 0.480 e. The van der Waals surface area contributed by atoms with Gasteiger partial charge in [-0.3, -0.25) is 9.59 Å². The SMILES string of the molecule is CC(C)(C)OC(=O)C1CC(O)C(N)(C(=O)O)C1.CCCC. The molecule has 1 saturated carbocycles. The number of carboxylic acids is 1. The Kier molecular flexibility index (Phi) is 7.33. The van der Waals surface area contributed by atoms with Gasteiger partial charge in [0.1, 0.15) is 11.1 Å². The van der Waals surface area contributed by atoms with Crippen LogP contribution in [0.25, 0.3) is 0 Å². The lowest BCUT2D eigenvalue weighted by Crippen LogP contribution is -2.54. The van der Waals surface area contributed by atoms with Crippen molar-refractivity contribution in [3.8, 4) is 0 Å². The minimum atomic E-state index is -1.75. The highest BCUT2D eigenvalue weighted by molar-refractivity contribution is 5.83. The van der Waals surface area contributed by atoms with E-state index in [0.717, 1.165) is 0 Å². The van der Waals surface area contributed by atoms with Crippen molar-refractivity contribution in [2.75, 3.05) is 0 Å². The van der Waals surface area contributed by atoms with Gasteiger partial charge in [0.25, 0.3) is 0 Å². The summed E-state index contributed by atoms with van der Waals surface area (Å²) in [6, 6.07) is 0. The maximum absolute atomic E-state index is 11.7. The third kappa shape index (κ3) is 6.01. The number of aliphatic hydroxyl groups is 1. The molecule has 0 aromatic heterocycles. The first-order chi connectivity index (χ1) is 9.47. The van der Waals surface area contributed by atoms with Crippen molar-refractivity contribution in [1.29, 1.82) is 0 Å². The van der Waals surface area contributed by atoms with Crippen molar-refractivity contribution in [3.05, 3.63) is 0 Å². The molecule has 4 N–H and O–H groups in total. The summed E-state index contributed by atoms with van der Waals surface area (Å²) in [4.78, 5) is 22.7. The molecule has 0 aromatic carbocycles. The fourth-order valence-corrected chi connectivity index (χ4v) is 1.90. The number of nitrogens with two attached hydrogens (primary N) is 1. The van der Waals surface area contributed by atoms with Crippen LogP contribution in [0.5, 0.6) is 0 Å². The molecule has 1 rings (SSSR count). The lowest BCUT2D eigenvalue weighted by atomic mass is 9.96. The van der Waals surface area contributed by atoms with Gasteiger partial charge in [-0.25, -0.2) is 0 Å². The van der Waals surface area contributed by atoms with Crippen LogP contribution in [-0.4, -0.2) is 39.4 Å². The number of carboxylic acid groups (broad SMARTS) is 1. The minimum Gasteiger partial charge on any atom is -0.480 e. The Balaban J connectivity index is 0.000000885. The molecule has 0 saturated heterocycles. The number of rotatable bonds is 3. The van der Waals surface area contributed by atoms with Crippen LogP contribution in [0.15, 0.2) is 0 Å². The van der Waals surface area contributed by atoms with Crippen LogP contribution in [0, 0.1) is 5.92 Å². The molecule has 0 bridgehead atoms. The summed E-state index contributed by atoms with van der Waals surface area (Å²) in [5.41, 5.74) is 3.20. The molecule has 0 aliphatic heterocycles. The van der Waals surface area contributed by atoms with Gasteiger partial charge < -0.3 is 20.7 Å². The van der Waals surface area contributed by atoms with E-state index in [4.69, 9.17) is 15.6 Å². The van der Waals surface area contributed by atoms with Crippen LogP contribution < -0.4 is 5.73 Å². The molecule has 3 unspecified atom stereocenters. The molecule has 124 valence electrons. The van der Waals surface area contributed by atoms with E-state index in [9.17, 15) is 14.7 Å². The van der Waals surface area contributed by atoms with Crippen molar-refractivity contribution in [1.82, 2.24) is 0 Å². The average molecular weight is 303 g/mol. The van der Waals surface area contributed by atoms with Gasteiger partial charge in [-0.05, 0) is 33.6 Å². The Morgan fingerprint density at radius 2 is 1.76 bits per heavy atom. The zero-order valence-corrected chi connectivity index (χ0v) is 13.7. The van der Waals surface area contributed by atoms with Crippen LogP contribution in [0.1, 0.15) is 60.3 Å². The van der Waals surface area contributed by atoms with Crippen molar-refractivity contribution < 1.29 is 24.5 Å². The Bertz CT molecular complexity index is 362. The molecule has 0 amide bonds. The number of carbonyl (C=O) groups is 2. The predicted molar refractivity (Wildman–Crippen MR) is 79.7 cm³/mol. The van der Waals surface area contributed by atoms with Gasteiger partial charge in [0.15, 0.2) is 0 Å². The van der Waals surface area contributed by atoms with Gasteiger partial charge in [0.2, 0.25) is 0 Å². The number of esters is 1. The van der Waals surface area contributed by atoms with Crippen molar-refractivity contribution in [2.45, 2.75) is 77.5 Å². The van der Waals surface area contributed by atoms with Gasteiger partial charge in [-0.1, -0.05) is 26.7 Å². The topological polar surface area (TPSA) is 110 Å². The molecule has 6 nitrogen and oxygen atoms in total. The first-order valence-electron chi connectivity index (χ1n) is 7.41. The number of carbonyl (C=O) groups excluding carboxylic acids is 1. The number of hydrogen-bond acceptors (Lipinski definition) is 5. The second-order valence-corrected chi connectivity index (χ2v) is 6.53. The van der Waals surface area contributed by atoms with Gasteiger partial charge in [0.05, 0.1) is 12.0 Å². The Labute approximate surface area is 126 Å². The molecule has 0 spiro atoms. The summed E-state index contributed by atoms with van der Waals surface area (Å²) in [5, 5.41) is 18.6. The predicted octanol–water partition coefficient (Wildman–Crippen LogP) is 1.69. The molecule has 1 aliphatic carbocycles. The summed E-state index contributed by atoms with van der Waals surface area (Å²) < 4.78 is 5.14. The Morgan fingerprint density at radius 1 is 1.29 bits per heavy atom. The van der Waals surface area contributed by atoms with Crippen LogP contribution >= 0.6 is 0 Å². The smallest absolute Gasteiger partial charge is 0.326 e. The van der Waals surface area contributed by atoms with E-state index in [-0.39, 0.29) is 12.8 Å².